The molecular weight excluding hydrogens is 498 g/mol. The number of ketones is 1. The van der Waals surface area contributed by atoms with Gasteiger partial charge in [0.25, 0.3) is 11.7 Å². The number of aliphatic hydroxyl groups is 1. The number of carbonyl (C=O) groups excluding carboxylic acids is 3. The quantitative estimate of drug-likeness (QED) is 0.119. The van der Waals surface area contributed by atoms with Gasteiger partial charge in [0.15, 0.2) is 0 Å². The van der Waals surface area contributed by atoms with E-state index in [1.165, 1.54) is 31.3 Å². The Hall–Kier alpha value is -4.59. The fourth-order valence-corrected chi connectivity index (χ4v) is 4.57. The lowest BCUT2D eigenvalue weighted by Crippen LogP contribution is -2.29. The number of esters is 1. The van der Waals surface area contributed by atoms with Gasteiger partial charge in [0.2, 0.25) is 0 Å². The van der Waals surface area contributed by atoms with E-state index >= 15 is 0 Å². The number of methoxy groups -OCH3 is 2. The second kappa shape index (κ2) is 12.3. The summed E-state index contributed by atoms with van der Waals surface area (Å²) < 4.78 is 16.1. The minimum atomic E-state index is -0.977. The summed E-state index contributed by atoms with van der Waals surface area (Å²) in [5, 5.41) is 11.4. The lowest BCUT2D eigenvalue weighted by atomic mass is 9.94. The van der Waals surface area contributed by atoms with E-state index in [0.717, 1.165) is 19.3 Å². The van der Waals surface area contributed by atoms with E-state index in [9.17, 15) is 19.5 Å². The summed E-state index contributed by atoms with van der Waals surface area (Å²) in [6.07, 6.45) is 3.12. The monoisotopic (exact) mass is 529 g/mol. The fraction of sp³-hybridized carbons (Fsp3) is 0.258. The molecule has 4 rings (SSSR count). The number of ether oxygens (including phenoxy) is 3. The van der Waals surface area contributed by atoms with Crippen LogP contribution in [0.4, 0.5) is 5.69 Å². The topological polar surface area (TPSA) is 102 Å². The molecule has 0 saturated carbocycles. The van der Waals surface area contributed by atoms with Crippen LogP contribution in [0, 0.1) is 0 Å². The first-order chi connectivity index (χ1) is 18.9. The average molecular weight is 530 g/mol. The van der Waals surface area contributed by atoms with E-state index < -0.39 is 23.7 Å². The molecule has 39 heavy (non-hydrogen) atoms. The van der Waals surface area contributed by atoms with Crippen LogP contribution in [0.1, 0.15) is 53.7 Å². The third-order valence-electron chi connectivity index (χ3n) is 6.59. The lowest BCUT2D eigenvalue weighted by molar-refractivity contribution is -0.132. The number of Topliss-reactive ketones (excluding diaryl/α,β-unsaturated/α-hetero) is 1. The number of amides is 1. The Balaban J connectivity index is 1.78. The molecular formula is C31H31NO7. The van der Waals surface area contributed by atoms with E-state index in [-0.39, 0.29) is 11.3 Å². The van der Waals surface area contributed by atoms with Crippen molar-refractivity contribution < 1.29 is 33.7 Å². The predicted octanol–water partition coefficient (Wildman–Crippen LogP) is 5.68. The Bertz CT molecular complexity index is 1380. The molecule has 1 unspecified atom stereocenters. The molecule has 0 aromatic heterocycles. The van der Waals surface area contributed by atoms with Gasteiger partial charge in [0.1, 0.15) is 17.3 Å². The van der Waals surface area contributed by atoms with E-state index in [1.807, 2.05) is 0 Å². The lowest BCUT2D eigenvalue weighted by Gasteiger charge is -2.26. The maximum Gasteiger partial charge on any atom is 0.337 e. The summed E-state index contributed by atoms with van der Waals surface area (Å²) in [4.78, 5) is 40.1. The number of nitrogens with zero attached hydrogens (tertiary/aromatic N) is 1. The SMILES string of the molecule is CCCCCOc1ccc(/C(O)=C2\C(=O)C(=O)N(c3ccc(C(=O)OC)cc3)C2c2ccccc2OC)cc1. The largest absolute Gasteiger partial charge is 0.507 e. The van der Waals surface area contributed by atoms with Crippen LogP contribution in [-0.4, -0.2) is 43.6 Å². The highest BCUT2D eigenvalue weighted by atomic mass is 16.5. The van der Waals surface area contributed by atoms with Gasteiger partial charge in [-0.15, -0.1) is 0 Å². The molecule has 202 valence electrons. The summed E-state index contributed by atoms with van der Waals surface area (Å²) in [5.74, 6) is -1.38. The molecule has 1 aliphatic rings. The van der Waals surface area contributed by atoms with Gasteiger partial charge in [-0.1, -0.05) is 38.0 Å². The number of carbonyl (C=O) groups is 3. The van der Waals surface area contributed by atoms with Crippen molar-refractivity contribution in [3.05, 3.63) is 95.1 Å². The van der Waals surface area contributed by atoms with Crippen molar-refractivity contribution in [3.8, 4) is 11.5 Å². The van der Waals surface area contributed by atoms with E-state index in [4.69, 9.17) is 14.2 Å². The molecule has 3 aromatic rings. The number of hydrogen-bond acceptors (Lipinski definition) is 7. The maximum atomic E-state index is 13.4. The van der Waals surface area contributed by atoms with Crippen LogP contribution in [0.25, 0.3) is 5.76 Å². The molecule has 1 aliphatic heterocycles. The summed E-state index contributed by atoms with van der Waals surface area (Å²) in [7, 11) is 2.77. The third-order valence-corrected chi connectivity index (χ3v) is 6.59. The van der Waals surface area contributed by atoms with Gasteiger partial charge in [-0.3, -0.25) is 14.5 Å². The number of unbranched alkanes of at least 4 members (excludes halogenated alkanes) is 2. The molecule has 0 bridgehead atoms. The van der Waals surface area contributed by atoms with Gasteiger partial charge in [-0.05, 0) is 61.0 Å². The van der Waals surface area contributed by atoms with Crippen LogP contribution < -0.4 is 14.4 Å². The van der Waals surface area contributed by atoms with Crippen LogP contribution in [-0.2, 0) is 14.3 Å². The zero-order chi connectivity index (χ0) is 27.9. The van der Waals surface area contributed by atoms with Crippen LogP contribution in [0.15, 0.2) is 78.4 Å². The normalized spacial score (nSPS) is 16.3. The van der Waals surface area contributed by atoms with Crippen molar-refractivity contribution in [2.75, 3.05) is 25.7 Å². The van der Waals surface area contributed by atoms with Crippen molar-refractivity contribution >= 4 is 29.1 Å². The zero-order valence-electron chi connectivity index (χ0n) is 22.2. The minimum absolute atomic E-state index is 0.0711. The molecule has 8 heteroatoms. The second-order valence-corrected chi connectivity index (χ2v) is 9.03. The van der Waals surface area contributed by atoms with Crippen LogP contribution >= 0.6 is 0 Å². The number of aliphatic hydroxyl groups excluding tert-OH is 1. The first-order valence-electron chi connectivity index (χ1n) is 12.8. The fourth-order valence-electron chi connectivity index (χ4n) is 4.57. The van der Waals surface area contributed by atoms with Gasteiger partial charge in [-0.2, -0.15) is 0 Å². The summed E-state index contributed by atoms with van der Waals surface area (Å²) in [5.41, 5.74) is 1.49. The number of anilines is 1. The first-order valence-corrected chi connectivity index (χ1v) is 12.8. The van der Waals surface area contributed by atoms with E-state index in [2.05, 4.69) is 6.92 Å². The Morgan fingerprint density at radius 1 is 0.897 bits per heavy atom. The van der Waals surface area contributed by atoms with Crippen molar-refractivity contribution in [1.82, 2.24) is 0 Å². The Labute approximate surface area is 227 Å². The standard InChI is InChI=1S/C31H31NO7/c1-4-5-8-19-39-23-17-13-20(14-18-23)28(33)26-27(24-9-6-7-10-25(24)37-2)32(30(35)29(26)34)22-15-11-21(12-16-22)31(36)38-3/h6-7,9-18,27,33H,4-5,8,19H2,1-3H3/b28-26+. The highest BCUT2D eigenvalue weighted by molar-refractivity contribution is 6.51. The highest BCUT2D eigenvalue weighted by Gasteiger charge is 2.48. The predicted molar refractivity (Wildman–Crippen MR) is 147 cm³/mol. The summed E-state index contributed by atoms with van der Waals surface area (Å²) >= 11 is 0. The van der Waals surface area contributed by atoms with Crippen molar-refractivity contribution in [1.29, 1.82) is 0 Å². The molecule has 1 N–H and O–H groups in total. The summed E-state index contributed by atoms with van der Waals surface area (Å²) in [6.45, 7) is 2.71. The molecule has 1 heterocycles. The molecule has 1 atom stereocenters. The van der Waals surface area contributed by atoms with Gasteiger partial charge >= 0.3 is 5.97 Å². The molecule has 0 radical (unpaired) electrons. The Morgan fingerprint density at radius 3 is 2.21 bits per heavy atom. The summed E-state index contributed by atoms with van der Waals surface area (Å²) in [6, 6.07) is 18.9. The second-order valence-electron chi connectivity index (χ2n) is 9.03. The molecule has 1 amide bonds. The number of rotatable bonds is 10. The molecule has 8 nitrogen and oxygen atoms in total. The van der Waals surface area contributed by atoms with Gasteiger partial charge in [0, 0.05) is 16.8 Å². The zero-order valence-corrected chi connectivity index (χ0v) is 22.2. The smallest absolute Gasteiger partial charge is 0.337 e. The molecule has 1 saturated heterocycles. The van der Waals surface area contributed by atoms with Crippen molar-refractivity contribution in [2.24, 2.45) is 0 Å². The Morgan fingerprint density at radius 2 is 1.56 bits per heavy atom. The van der Waals surface area contributed by atoms with Crippen LogP contribution in [0.5, 0.6) is 11.5 Å². The molecule has 3 aromatic carbocycles. The minimum Gasteiger partial charge on any atom is -0.507 e. The number of para-hydroxylation sites is 1. The first kappa shape index (κ1) is 27.4. The van der Waals surface area contributed by atoms with Crippen molar-refractivity contribution in [2.45, 2.75) is 32.2 Å². The van der Waals surface area contributed by atoms with E-state index in [0.29, 0.717) is 40.5 Å². The van der Waals surface area contributed by atoms with Gasteiger partial charge < -0.3 is 19.3 Å². The molecule has 0 aliphatic carbocycles. The molecule has 1 fully saturated rings. The van der Waals surface area contributed by atoms with Gasteiger partial charge in [-0.25, -0.2) is 4.79 Å². The van der Waals surface area contributed by atoms with Crippen LogP contribution in [0.2, 0.25) is 0 Å². The van der Waals surface area contributed by atoms with E-state index in [1.54, 1.807) is 60.7 Å². The van der Waals surface area contributed by atoms with Crippen molar-refractivity contribution in [3.63, 3.8) is 0 Å². The maximum absolute atomic E-state index is 13.4. The highest BCUT2D eigenvalue weighted by Crippen LogP contribution is 2.45. The third kappa shape index (κ3) is 5.65. The number of hydrogen-bond donors (Lipinski definition) is 1. The van der Waals surface area contributed by atoms with Gasteiger partial charge in [0.05, 0.1) is 38.0 Å². The number of benzene rings is 3. The average Bonchev–Trinajstić information content (AvgIpc) is 3.24. The Kier molecular flexibility index (Phi) is 8.66. The van der Waals surface area contributed by atoms with Crippen LogP contribution in [0.3, 0.4) is 0 Å². The molecule has 0 spiro atoms.